The van der Waals surface area contributed by atoms with Crippen molar-refractivity contribution in [1.29, 1.82) is 0 Å². The first-order valence-electron chi connectivity index (χ1n) is 7.15. The quantitative estimate of drug-likeness (QED) is 0.497. The zero-order valence-corrected chi connectivity index (χ0v) is 13.1. The third-order valence-corrected chi connectivity index (χ3v) is 3.21. The first-order chi connectivity index (χ1) is 9.93. The normalized spacial score (nSPS) is 11.1. The number of carbonyl (C=O) groups is 2. The van der Waals surface area contributed by atoms with E-state index >= 15 is 0 Å². The number of amides is 2. The van der Waals surface area contributed by atoms with Crippen LogP contribution in [0.2, 0.25) is 0 Å². The van der Waals surface area contributed by atoms with Crippen molar-refractivity contribution < 1.29 is 9.59 Å². The zero-order valence-electron chi connectivity index (χ0n) is 13.1. The molecule has 0 spiro atoms. The predicted molar refractivity (Wildman–Crippen MR) is 85.3 cm³/mol. The average Bonchev–Trinajstić information content (AvgIpc) is 2.46. The number of anilines is 1. The van der Waals surface area contributed by atoms with Gasteiger partial charge in [0.15, 0.2) is 0 Å². The molecule has 1 aromatic carbocycles. The number of rotatable bonds is 5. The SMILES string of the molecule is CCCC/C(C)=N/NC(=O)C(=O)Nc1ccc(C)c(C)c1. The number of hydrogen-bond acceptors (Lipinski definition) is 3. The summed E-state index contributed by atoms with van der Waals surface area (Å²) in [5.41, 5.74) is 5.88. The van der Waals surface area contributed by atoms with E-state index in [0.717, 1.165) is 36.1 Å². The molecular weight excluding hydrogens is 266 g/mol. The molecule has 0 fully saturated rings. The summed E-state index contributed by atoms with van der Waals surface area (Å²) in [4.78, 5) is 23.4. The Morgan fingerprint density at radius 3 is 2.48 bits per heavy atom. The fraction of sp³-hybridized carbons (Fsp3) is 0.438. The summed E-state index contributed by atoms with van der Waals surface area (Å²) in [5.74, 6) is -1.48. The van der Waals surface area contributed by atoms with Gasteiger partial charge in [-0.3, -0.25) is 9.59 Å². The second-order valence-electron chi connectivity index (χ2n) is 5.14. The van der Waals surface area contributed by atoms with Gasteiger partial charge >= 0.3 is 11.8 Å². The molecule has 0 saturated carbocycles. The topological polar surface area (TPSA) is 70.6 Å². The van der Waals surface area contributed by atoms with Crippen LogP contribution in [0, 0.1) is 13.8 Å². The number of hydrazone groups is 1. The van der Waals surface area contributed by atoms with Crippen LogP contribution in [-0.2, 0) is 9.59 Å². The Hall–Kier alpha value is -2.17. The number of nitrogens with one attached hydrogen (secondary N) is 2. The molecule has 0 bridgehead atoms. The summed E-state index contributed by atoms with van der Waals surface area (Å²) in [6, 6.07) is 5.50. The van der Waals surface area contributed by atoms with Crippen LogP contribution in [0.5, 0.6) is 0 Å². The van der Waals surface area contributed by atoms with Gasteiger partial charge in [-0.25, -0.2) is 5.43 Å². The fourth-order valence-corrected chi connectivity index (χ4v) is 1.69. The molecule has 5 nitrogen and oxygen atoms in total. The Kier molecular flexibility index (Phi) is 6.59. The Balaban J connectivity index is 2.54. The highest BCUT2D eigenvalue weighted by atomic mass is 16.2. The van der Waals surface area contributed by atoms with Crippen LogP contribution in [0.1, 0.15) is 44.2 Å². The van der Waals surface area contributed by atoms with Crippen molar-refractivity contribution in [3.8, 4) is 0 Å². The molecule has 0 heterocycles. The lowest BCUT2D eigenvalue weighted by Gasteiger charge is -2.07. The van der Waals surface area contributed by atoms with Gasteiger partial charge in [0.1, 0.15) is 0 Å². The van der Waals surface area contributed by atoms with Gasteiger partial charge in [0.25, 0.3) is 0 Å². The van der Waals surface area contributed by atoms with Crippen LogP contribution in [0.3, 0.4) is 0 Å². The highest BCUT2D eigenvalue weighted by Crippen LogP contribution is 2.13. The van der Waals surface area contributed by atoms with Crippen molar-refractivity contribution in [2.45, 2.75) is 47.0 Å². The lowest BCUT2D eigenvalue weighted by molar-refractivity contribution is -0.136. The average molecular weight is 289 g/mol. The van der Waals surface area contributed by atoms with Gasteiger partial charge in [-0.05, 0) is 56.9 Å². The van der Waals surface area contributed by atoms with E-state index in [9.17, 15) is 9.59 Å². The van der Waals surface area contributed by atoms with Gasteiger partial charge in [0.2, 0.25) is 0 Å². The van der Waals surface area contributed by atoms with E-state index < -0.39 is 11.8 Å². The van der Waals surface area contributed by atoms with Crippen molar-refractivity contribution in [2.24, 2.45) is 5.10 Å². The van der Waals surface area contributed by atoms with Gasteiger partial charge in [-0.15, -0.1) is 0 Å². The van der Waals surface area contributed by atoms with Crippen LogP contribution in [0.4, 0.5) is 5.69 Å². The minimum Gasteiger partial charge on any atom is -0.318 e. The number of benzene rings is 1. The third kappa shape index (κ3) is 5.77. The van der Waals surface area contributed by atoms with Crippen LogP contribution >= 0.6 is 0 Å². The van der Waals surface area contributed by atoms with E-state index in [2.05, 4.69) is 22.8 Å². The van der Waals surface area contributed by atoms with Crippen LogP contribution in [0.15, 0.2) is 23.3 Å². The van der Waals surface area contributed by atoms with Crippen LogP contribution in [-0.4, -0.2) is 17.5 Å². The molecular formula is C16H23N3O2. The highest BCUT2D eigenvalue weighted by molar-refractivity contribution is 6.39. The Morgan fingerprint density at radius 2 is 1.86 bits per heavy atom. The van der Waals surface area contributed by atoms with Crippen molar-refractivity contribution >= 4 is 23.2 Å². The molecule has 2 N–H and O–H groups in total. The third-order valence-electron chi connectivity index (χ3n) is 3.21. The molecule has 21 heavy (non-hydrogen) atoms. The van der Waals surface area contributed by atoms with Gasteiger partial charge in [-0.1, -0.05) is 19.4 Å². The zero-order chi connectivity index (χ0) is 15.8. The van der Waals surface area contributed by atoms with Crippen molar-refractivity contribution in [3.05, 3.63) is 29.3 Å². The second-order valence-corrected chi connectivity index (χ2v) is 5.14. The summed E-state index contributed by atoms with van der Waals surface area (Å²) in [6.45, 7) is 7.86. The number of carbonyl (C=O) groups excluding carboxylic acids is 2. The molecule has 1 aromatic rings. The van der Waals surface area contributed by atoms with Crippen LogP contribution < -0.4 is 10.7 Å². The van der Waals surface area contributed by atoms with Crippen LogP contribution in [0.25, 0.3) is 0 Å². The number of aryl methyl sites for hydroxylation is 2. The molecule has 0 aliphatic carbocycles. The molecule has 5 heteroatoms. The maximum atomic E-state index is 11.7. The van der Waals surface area contributed by atoms with E-state index in [1.807, 2.05) is 32.9 Å². The van der Waals surface area contributed by atoms with E-state index in [4.69, 9.17) is 0 Å². The van der Waals surface area contributed by atoms with Crippen molar-refractivity contribution in [1.82, 2.24) is 5.43 Å². The van der Waals surface area contributed by atoms with Gasteiger partial charge < -0.3 is 5.32 Å². The van der Waals surface area contributed by atoms with E-state index in [0.29, 0.717) is 5.69 Å². The monoisotopic (exact) mass is 289 g/mol. The van der Waals surface area contributed by atoms with Crippen molar-refractivity contribution in [2.75, 3.05) is 5.32 Å². The fourth-order valence-electron chi connectivity index (χ4n) is 1.69. The number of unbranched alkanes of at least 4 members (excludes halogenated alkanes) is 1. The highest BCUT2D eigenvalue weighted by Gasteiger charge is 2.13. The first-order valence-corrected chi connectivity index (χ1v) is 7.15. The Bertz CT molecular complexity index is 550. The molecule has 0 atom stereocenters. The summed E-state index contributed by atoms with van der Waals surface area (Å²) >= 11 is 0. The molecule has 1 rings (SSSR count). The predicted octanol–water partition coefficient (Wildman–Crippen LogP) is 2.92. The molecule has 0 aliphatic rings. The lowest BCUT2D eigenvalue weighted by atomic mass is 10.1. The molecule has 0 aromatic heterocycles. The minimum absolute atomic E-state index is 0.602. The second kappa shape index (κ2) is 8.19. The largest absolute Gasteiger partial charge is 0.329 e. The smallest absolute Gasteiger partial charge is 0.318 e. The minimum atomic E-state index is -0.760. The molecule has 0 saturated heterocycles. The molecule has 114 valence electrons. The van der Waals surface area contributed by atoms with Gasteiger partial charge in [0.05, 0.1) is 0 Å². The van der Waals surface area contributed by atoms with Crippen molar-refractivity contribution in [3.63, 3.8) is 0 Å². The number of nitrogens with zero attached hydrogens (tertiary/aromatic N) is 1. The summed E-state index contributed by atoms with van der Waals surface area (Å²) in [5, 5.41) is 6.47. The number of hydrogen-bond donors (Lipinski definition) is 2. The lowest BCUT2D eigenvalue weighted by Crippen LogP contribution is -2.32. The first kappa shape index (κ1) is 16.9. The van der Waals surface area contributed by atoms with Gasteiger partial charge in [0, 0.05) is 11.4 Å². The Morgan fingerprint density at radius 1 is 1.14 bits per heavy atom. The maximum Gasteiger partial charge on any atom is 0.329 e. The van der Waals surface area contributed by atoms with Gasteiger partial charge in [-0.2, -0.15) is 5.10 Å². The molecule has 0 unspecified atom stereocenters. The Labute approximate surface area is 125 Å². The van der Waals surface area contributed by atoms with E-state index in [-0.39, 0.29) is 0 Å². The molecule has 0 aliphatic heterocycles. The van der Waals surface area contributed by atoms with E-state index in [1.54, 1.807) is 6.07 Å². The summed E-state index contributed by atoms with van der Waals surface area (Å²) in [6.07, 6.45) is 2.89. The summed E-state index contributed by atoms with van der Waals surface area (Å²) in [7, 11) is 0. The molecule has 2 amide bonds. The van der Waals surface area contributed by atoms with E-state index in [1.165, 1.54) is 0 Å². The molecule has 0 radical (unpaired) electrons. The maximum absolute atomic E-state index is 11.7. The standard InChI is InChI=1S/C16H23N3O2/c1-5-6-7-13(4)18-19-16(21)15(20)17-14-9-8-11(2)12(3)10-14/h8-10H,5-7H2,1-4H3,(H,17,20)(H,19,21)/b18-13+. The summed E-state index contributed by atoms with van der Waals surface area (Å²) < 4.78 is 0.